The van der Waals surface area contributed by atoms with E-state index in [0.717, 1.165) is 16.6 Å². The van der Waals surface area contributed by atoms with Crippen molar-refractivity contribution in [2.75, 3.05) is 15.9 Å². The highest BCUT2D eigenvalue weighted by Crippen LogP contribution is 2.27. The molecule has 0 saturated carbocycles. The molecule has 8 nitrogen and oxygen atoms in total. The van der Waals surface area contributed by atoms with Crippen molar-refractivity contribution in [3.8, 4) is 0 Å². The fraction of sp³-hybridized carbons (Fsp3) is 0.235. The Labute approximate surface area is 162 Å². The van der Waals surface area contributed by atoms with Crippen molar-refractivity contribution < 1.29 is 18.1 Å². The quantitative estimate of drug-likeness (QED) is 0.554. The first-order valence-corrected chi connectivity index (χ1v) is 10.2. The van der Waals surface area contributed by atoms with Gasteiger partial charge in [0.25, 0.3) is 5.69 Å². The SMILES string of the molecule is CCC(C(=O)Nc1ccc(Cl)cc1)N(c1cccc([N+](=O)[O-])c1)S(C)(=O)=O. The molecule has 0 spiro atoms. The zero-order chi connectivity index (χ0) is 20.2. The Morgan fingerprint density at radius 2 is 1.89 bits per heavy atom. The molecule has 1 amide bonds. The first-order chi connectivity index (χ1) is 12.6. The molecule has 0 aliphatic heterocycles. The monoisotopic (exact) mass is 411 g/mol. The summed E-state index contributed by atoms with van der Waals surface area (Å²) < 4.78 is 25.6. The van der Waals surface area contributed by atoms with Crippen LogP contribution in [-0.4, -0.2) is 31.5 Å². The number of nitro benzene ring substituents is 1. The first kappa shape index (κ1) is 20.7. The van der Waals surface area contributed by atoms with Crippen LogP contribution in [0.15, 0.2) is 48.5 Å². The van der Waals surface area contributed by atoms with E-state index in [2.05, 4.69) is 5.32 Å². The lowest BCUT2D eigenvalue weighted by Crippen LogP contribution is -2.47. The number of non-ortho nitro benzene ring substituents is 1. The van der Waals surface area contributed by atoms with E-state index in [-0.39, 0.29) is 17.8 Å². The highest BCUT2D eigenvalue weighted by atomic mass is 35.5. The first-order valence-electron chi connectivity index (χ1n) is 7.93. The largest absolute Gasteiger partial charge is 0.324 e. The van der Waals surface area contributed by atoms with E-state index in [1.54, 1.807) is 31.2 Å². The minimum atomic E-state index is -3.89. The molecule has 0 radical (unpaired) electrons. The number of hydrogen-bond donors (Lipinski definition) is 1. The molecule has 2 rings (SSSR count). The second-order valence-electron chi connectivity index (χ2n) is 5.76. The number of nitrogens with zero attached hydrogens (tertiary/aromatic N) is 2. The summed E-state index contributed by atoms with van der Waals surface area (Å²) in [5.41, 5.74) is 0.231. The van der Waals surface area contributed by atoms with Crippen LogP contribution in [0.1, 0.15) is 13.3 Å². The molecule has 0 aromatic heterocycles. The van der Waals surface area contributed by atoms with Crippen LogP contribution >= 0.6 is 11.6 Å². The predicted octanol–water partition coefficient (Wildman–Crippen LogP) is 3.43. The van der Waals surface area contributed by atoms with Crippen molar-refractivity contribution in [1.82, 2.24) is 0 Å². The van der Waals surface area contributed by atoms with E-state index >= 15 is 0 Å². The van der Waals surface area contributed by atoms with Crippen LogP contribution < -0.4 is 9.62 Å². The Hall–Kier alpha value is -2.65. The molecule has 2 aromatic carbocycles. The highest BCUT2D eigenvalue weighted by molar-refractivity contribution is 7.92. The summed E-state index contributed by atoms with van der Waals surface area (Å²) in [6.45, 7) is 1.65. The molecule has 1 atom stereocenters. The third-order valence-electron chi connectivity index (χ3n) is 3.74. The van der Waals surface area contributed by atoms with Gasteiger partial charge in [-0.3, -0.25) is 19.2 Å². The lowest BCUT2D eigenvalue weighted by Gasteiger charge is -2.30. The molecule has 0 aliphatic carbocycles. The summed E-state index contributed by atoms with van der Waals surface area (Å²) in [4.78, 5) is 23.1. The number of carbonyl (C=O) groups is 1. The molecule has 0 aliphatic rings. The van der Waals surface area contributed by atoms with Crippen LogP contribution in [0.3, 0.4) is 0 Å². The Kier molecular flexibility index (Phi) is 6.40. The Bertz CT molecular complexity index is 947. The van der Waals surface area contributed by atoms with E-state index in [4.69, 9.17) is 11.6 Å². The minimum Gasteiger partial charge on any atom is -0.324 e. The van der Waals surface area contributed by atoms with Crippen LogP contribution in [0.2, 0.25) is 5.02 Å². The van der Waals surface area contributed by atoms with Gasteiger partial charge in [0.1, 0.15) is 6.04 Å². The van der Waals surface area contributed by atoms with E-state index in [9.17, 15) is 23.3 Å². The number of sulfonamides is 1. The van der Waals surface area contributed by atoms with Crippen molar-refractivity contribution in [2.45, 2.75) is 19.4 Å². The van der Waals surface area contributed by atoms with Gasteiger partial charge in [-0.05, 0) is 36.8 Å². The molecule has 0 fully saturated rings. The van der Waals surface area contributed by atoms with Crippen molar-refractivity contribution in [3.05, 3.63) is 63.7 Å². The Morgan fingerprint density at radius 1 is 1.26 bits per heavy atom. The second-order valence-corrected chi connectivity index (χ2v) is 8.05. The Morgan fingerprint density at radius 3 is 2.41 bits per heavy atom. The summed E-state index contributed by atoms with van der Waals surface area (Å²) in [6.07, 6.45) is 1.11. The summed E-state index contributed by atoms with van der Waals surface area (Å²) in [7, 11) is -3.89. The zero-order valence-electron chi connectivity index (χ0n) is 14.6. The number of hydrogen-bond acceptors (Lipinski definition) is 5. The van der Waals surface area contributed by atoms with Gasteiger partial charge in [-0.25, -0.2) is 8.42 Å². The predicted molar refractivity (Wildman–Crippen MR) is 105 cm³/mol. The molecule has 10 heteroatoms. The molecule has 2 aromatic rings. The van der Waals surface area contributed by atoms with E-state index in [0.29, 0.717) is 10.7 Å². The summed E-state index contributed by atoms with van der Waals surface area (Å²) in [5.74, 6) is -0.559. The molecular weight excluding hydrogens is 394 g/mol. The van der Waals surface area contributed by atoms with Crippen LogP contribution in [0, 0.1) is 10.1 Å². The van der Waals surface area contributed by atoms with Crippen molar-refractivity contribution in [2.24, 2.45) is 0 Å². The van der Waals surface area contributed by atoms with Crippen LogP contribution in [0.25, 0.3) is 0 Å². The van der Waals surface area contributed by atoms with Crippen molar-refractivity contribution >= 4 is 44.6 Å². The van der Waals surface area contributed by atoms with Gasteiger partial charge in [-0.2, -0.15) is 0 Å². The van der Waals surface area contributed by atoms with Gasteiger partial charge in [-0.15, -0.1) is 0 Å². The number of carbonyl (C=O) groups excluding carboxylic acids is 1. The van der Waals surface area contributed by atoms with Crippen molar-refractivity contribution in [1.29, 1.82) is 0 Å². The fourth-order valence-corrected chi connectivity index (χ4v) is 3.89. The summed E-state index contributed by atoms with van der Waals surface area (Å²) in [6, 6.07) is 10.4. The minimum absolute atomic E-state index is 0.0461. The van der Waals surface area contributed by atoms with Gasteiger partial charge in [0.05, 0.1) is 16.9 Å². The summed E-state index contributed by atoms with van der Waals surface area (Å²) >= 11 is 5.81. The maximum Gasteiger partial charge on any atom is 0.271 e. The average molecular weight is 412 g/mol. The van der Waals surface area contributed by atoms with Crippen molar-refractivity contribution in [3.63, 3.8) is 0 Å². The number of amides is 1. The lowest BCUT2D eigenvalue weighted by molar-refractivity contribution is -0.384. The topological polar surface area (TPSA) is 110 Å². The van der Waals surface area contributed by atoms with Crippen LogP contribution in [-0.2, 0) is 14.8 Å². The van der Waals surface area contributed by atoms with Gasteiger partial charge in [0, 0.05) is 22.8 Å². The molecular formula is C17H18ClN3O5S. The highest BCUT2D eigenvalue weighted by Gasteiger charge is 2.32. The average Bonchev–Trinajstić information content (AvgIpc) is 2.60. The molecule has 0 bridgehead atoms. The van der Waals surface area contributed by atoms with E-state index in [1.165, 1.54) is 18.2 Å². The third kappa shape index (κ3) is 5.18. The van der Waals surface area contributed by atoms with Crippen LogP contribution in [0.5, 0.6) is 0 Å². The molecule has 144 valence electrons. The number of benzene rings is 2. The maximum atomic E-state index is 12.7. The molecule has 0 saturated heterocycles. The van der Waals surface area contributed by atoms with Gasteiger partial charge >= 0.3 is 0 Å². The number of rotatable bonds is 7. The smallest absolute Gasteiger partial charge is 0.271 e. The number of halogens is 1. The molecule has 1 unspecified atom stereocenters. The number of nitro groups is 1. The fourth-order valence-electron chi connectivity index (χ4n) is 2.56. The zero-order valence-corrected chi connectivity index (χ0v) is 16.2. The Balaban J connectivity index is 2.41. The van der Waals surface area contributed by atoms with Gasteiger partial charge < -0.3 is 5.32 Å². The van der Waals surface area contributed by atoms with Gasteiger partial charge in [-0.1, -0.05) is 24.6 Å². The van der Waals surface area contributed by atoms with Crippen LogP contribution in [0.4, 0.5) is 17.1 Å². The van der Waals surface area contributed by atoms with E-state index < -0.39 is 26.9 Å². The van der Waals surface area contributed by atoms with Gasteiger partial charge in [0.2, 0.25) is 15.9 Å². The molecule has 0 heterocycles. The number of nitrogens with one attached hydrogen (secondary N) is 1. The third-order valence-corrected chi connectivity index (χ3v) is 5.17. The number of anilines is 2. The summed E-state index contributed by atoms with van der Waals surface area (Å²) in [5, 5.41) is 14.2. The van der Waals surface area contributed by atoms with Gasteiger partial charge in [0.15, 0.2) is 0 Å². The lowest BCUT2D eigenvalue weighted by atomic mass is 10.1. The molecule has 27 heavy (non-hydrogen) atoms. The normalized spacial score (nSPS) is 12.3. The van der Waals surface area contributed by atoms with E-state index in [1.807, 2.05) is 0 Å². The molecule has 1 N–H and O–H groups in total. The standard InChI is InChI=1S/C17H18ClN3O5S/c1-3-16(17(22)19-13-9-7-12(18)8-10-13)20(27(2,25)26)14-5-4-6-15(11-14)21(23)24/h4-11,16H,3H2,1-2H3,(H,19,22). The second kappa shape index (κ2) is 8.36. The maximum absolute atomic E-state index is 12.7.